The van der Waals surface area contributed by atoms with Gasteiger partial charge in [-0.25, -0.2) is 14.2 Å². The van der Waals surface area contributed by atoms with E-state index in [-0.39, 0.29) is 11.4 Å². The monoisotopic (exact) mass is 296 g/mol. The predicted molar refractivity (Wildman–Crippen MR) is 82.4 cm³/mol. The van der Waals surface area contributed by atoms with Crippen molar-refractivity contribution in [1.29, 1.82) is 0 Å². The van der Waals surface area contributed by atoms with Gasteiger partial charge in [-0.3, -0.25) is 0 Å². The standard InChI is InChI=1S/C17H13FN2O2/c18-14-5-1-11(2-6-14)10-20-16-15-9-13(17(21)22)4-3-12(15)7-8-19-16/h1-9H,10H2,(H,19,20)(H,21,22). The maximum absolute atomic E-state index is 12.9. The molecule has 0 amide bonds. The average molecular weight is 296 g/mol. The summed E-state index contributed by atoms with van der Waals surface area (Å²) in [7, 11) is 0. The number of anilines is 1. The number of benzene rings is 2. The fourth-order valence-corrected chi connectivity index (χ4v) is 2.23. The minimum atomic E-state index is -0.977. The summed E-state index contributed by atoms with van der Waals surface area (Å²) in [5.41, 5.74) is 1.12. The molecule has 5 heteroatoms. The fourth-order valence-electron chi connectivity index (χ4n) is 2.23. The molecule has 0 saturated carbocycles. The zero-order chi connectivity index (χ0) is 15.5. The molecule has 0 aliphatic heterocycles. The van der Waals surface area contributed by atoms with Gasteiger partial charge in [-0.2, -0.15) is 0 Å². The van der Waals surface area contributed by atoms with Crippen LogP contribution >= 0.6 is 0 Å². The molecule has 0 aliphatic carbocycles. The number of carboxylic acid groups (broad SMARTS) is 1. The lowest BCUT2D eigenvalue weighted by Gasteiger charge is -2.09. The van der Waals surface area contributed by atoms with Crippen LogP contribution in [0.15, 0.2) is 54.7 Å². The van der Waals surface area contributed by atoms with Gasteiger partial charge in [0.05, 0.1) is 5.56 Å². The van der Waals surface area contributed by atoms with Crippen molar-refractivity contribution in [2.45, 2.75) is 6.54 Å². The summed E-state index contributed by atoms with van der Waals surface area (Å²) in [5.74, 6) is -0.654. The van der Waals surface area contributed by atoms with E-state index in [4.69, 9.17) is 5.11 Å². The number of aromatic carboxylic acids is 1. The number of hydrogen-bond donors (Lipinski definition) is 2. The lowest BCUT2D eigenvalue weighted by atomic mass is 10.1. The normalized spacial score (nSPS) is 10.6. The van der Waals surface area contributed by atoms with Gasteiger partial charge in [-0.05, 0) is 41.3 Å². The summed E-state index contributed by atoms with van der Waals surface area (Å²) < 4.78 is 12.9. The van der Waals surface area contributed by atoms with E-state index >= 15 is 0 Å². The van der Waals surface area contributed by atoms with Crippen LogP contribution in [0.4, 0.5) is 10.2 Å². The Morgan fingerprint density at radius 3 is 2.64 bits per heavy atom. The minimum Gasteiger partial charge on any atom is -0.478 e. The number of pyridine rings is 1. The van der Waals surface area contributed by atoms with Crippen molar-refractivity contribution in [2.24, 2.45) is 0 Å². The summed E-state index contributed by atoms with van der Waals surface area (Å²) in [6, 6.07) is 12.9. The molecule has 110 valence electrons. The summed E-state index contributed by atoms with van der Waals surface area (Å²) in [5, 5.41) is 13.9. The second-order valence-electron chi connectivity index (χ2n) is 4.88. The molecule has 2 aromatic carbocycles. The van der Waals surface area contributed by atoms with Crippen LogP contribution in [0.5, 0.6) is 0 Å². The molecule has 0 unspecified atom stereocenters. The molecule has 22 heavy (non-hydrogen) atoms. The Labute approximate surface area is 126 Å². The molecule has 1 aromatic heterocycles. The van der Waals surface area contributed by atoms with Crippen LogP contribution in [0, 0.1) is 5.82 Å². The number of hydrogen-bond acceptors (Lipinski definition) is 3. The number of nitrogens with one attached hydrogen (secondary N) is 1. The minimum absolute atomic E-state index is 0.213. The topological polar surface area (TPSA) is 62.2 Å². The number of carbonyl (C=O) groups is 1. The third-order valence-electron chi connectivity index (χ3n) is 3.39. The molecule has 0 fully saturated rings. The zero-order valence-corrected chi connectivity index (χ0v) is 11.6. The van der Waals surface area contributed by atoms with Crippen molar-refractivity contribution >= 4 is 22.6 Å². The Morgan fingerprint density at radius 2 is 1.91 bits per heavy atom. The molecular weight excluding hydrogens is 283 g/mol. The summed E-state index contributed by atoms with van der Waals surface area (Å²) in [6.07, 6.45) is 1.66. The number of halogens is 1. The molecule has 3 aromatic rings. The van der Waals surface area contributed by atoms with E-state index in [1.54, 1.807) is 36.5 Å². The molecule has 0 atom stereocenters. The first kappa shape index (κ1) is 14.0. The largest absolute Gasteiger partial charge is 0.478 e. The van der Waals surface area contributed by atoms with Crippen LogP contribution in [0.25, 0.3) is 10.8 Å². The highest BCUT2D eigenvalue weighted by Crippen LogP contribution is 2.23. The van der Waals surface area contributed by atoms with Gasteiger partial charge < -0.3 is 10.4 Å². The van der Waals surface area contributed by atoms with Crippen LogP contribution in [0.1, 0.15) is 15.9 Å². The van der Waals surface area contributed by atoms with Gasteiger partial charge >= 0.3 is 5.97 Å². The van der Waals surface area contributed by atoms with Gasteiger partial charge in [0.1, 0.15) is 11.6 Å². The SMILES string of the molecule is O=C(O)c1ccc2ccnc(NCc3ccc(F)cc3)c2c1. The Kier molecular flexibility index (Phi) is 3.70. The first-order valence-electron chi connectivity index (χ1n) is 6.74. The van der Waals surface area contributed by atoms with Crippen molar-refractivity contribution in [2.75, 3.05) is 5.32 Å². The zero-order valence-electron chi connectivity index (χ0n) is 11.6. The lowest BCUT2D eigenvalue weighted by molar-refractivity contribution is 0.0697. The van der Waals surface area contributed by atoms with Gasteiger partial charge in [0.2, 0.25) is 0 Å². The lowest BCUT2D eigenvalue weighted by Crippen LogP contribution is -2.03. The number of carboxylic acids is 1. The summed E-state index contributed by atoms with van der Waals surface area (Å²) >= 11 is 0. The molecular formula is C17H13FN2O2. The maximum Gasteiger partial charge on any atom is 0.335 e. The molecule has 0 aliphatic rings. The molecule has 0 bridgehead atoms. The average Bonchev–Trinajstić information content (AvgIpc) is 2.53. The number of nitrogens with zero attached hydrogens (tertiary/aromatic N) is 1. The van der Waals surface area contributed by atoms with E-state index in [0.29, 0.717) is 12.4 Å². The van der Waals surface area contributed by atoms with E-state index < -0.39 is 5.97 Å². The van der Waals surface area contributed by atoms with Crippen LogP contribution in [0.3, 0.4) is 0 Å². The highest BCUT2D eigenvalue weighted by molar-refractivity contribution is 5.98. The third kappa shape index (κ3) is 2.88. The van der Waals surface area contributed by atoms with E-state index in [1.807, 2.05) is 6.07 Å². The first-order valence-corrected chi connectivity index (χ1v) is 6.74. The van der Waals surface area contributed by atoms with E-state index in [1.165, 1.54) is 12.1 Å². The van der Waals surface area contributed by atoms with Crippen molar-refractivity contribution in [1.82, 2.24) is 4.98 Å². The van der Waals surface area contributed by atoms with Crippen LogP contribution < -0.4 is 5.32 Å². The molecule has 0 radical (unpaired) electrons. The van der Waals surface area contributed by atoms with Crippen molar-refractivity contribution in [3.63, 3.8) is 0 Å². The molecule has 2 N–H and O–H groups in total. The molecule has 3 rings (SSSR count). The van der Waals surface area contributed by atoms with Crippen LogP contribution in [0.2, 0.25) is 0 Å². The maximum atomic E-state index is 12.9. The Morgan fingerprint density at radius 1 is 1.14 bits per heavy atom. The van der Waals surface area contributed by atoms with Crippen molar-refractivity contribution in [3.8, 4) is 0 Å². The van der Waals surface area contributed by atoms with Gasteiger partial charge in [0.25, 0.3) is 0 Å². The van der Waals surface area contributed by atoms with Gasteiger partial charge in [0, 0.05) is 18.1 Å². The van der Waals surface area contributed by atoms with Crippen molar-refractivity contribution in [3.05, 3.63) is 71.7 Å². The van der Waals surface area contributed by atoms with E-state index in [0.717, 1.165) is 16.3 Å². The Balaban J connectivity index is 1.90. The van der Waals surface area contributed by atoms with Crippen LogP contribution in [-0.2, 0) is 6.54 Å². The van der Waals surface area contributed by atoms with Crippen LogP contribution in [-0.4, -0.2) is 16.1 Å². The molecule has 0 saturated heterocycles. The Hall–Kier alpha value is -2.95. The van der Waals surface area contributed by atoms with E-state index in [2.05, 4.69) is 10.3 Å². The highest BCUT2D eigenvalue weighted by atomic mass is 19.1. The number of rotatable bonds is 4. The second-order valence-corrected chi connectivity index (χ2v) is 4.88. The van der Waals surface area contributed by atoms with Gasteiger partial charge in [-0.15, -0.1) is 0 Å². The first-order chi connectivity index (χ1) is 10.6. The Bertz CT molecular complexity index is 832. The summed E-state index contributed by atoms with van der Waals surface area (Å²) in [6.45, 7) is 0.476. The number of aromatic nitrogens is 1. The fraction of sp³-hybridized carbons (Fsp3) is 0.0588. The molecule has 0 spiro atoms. The highest BCUT2D eigenvalue weighted by Gasteiger charge is 2.07. The summed E-state index contributed by atoms with van der Waals surface area (Å²) in [4.78, 5) is 15.4. The molecule has 1 heterocycles. The van der Waals surface area contributed by atoms with Crippen molar-refractivity contribution < 1.29 is 14.3 Å². The smallest absolute Gasteiger partial charge is 0.335 e. The van der Waals surface area contributed by atoms with E-state index in [9.17, 15) is 9.18 Å². The second kappa shape index (κ2) is 5.81. The van der Waals surface area contributed by atoms with Gasteiger partial charge in [-0.1, -0.05) is 18.2 Å². The van der Waals surface area contributed by atoms with Gasteiger partial charge in [0.15, 0.2) is 0 Å². The predicted octanol–water partition coefficient (Wildman–Crippen LogP) is 3.68. The molecule has 4 nitrogen and oxygen atoms in total. The quantitative estimate of drug-likeness (QED) is 0.771. The number of fused-ring (bicyclic) bond motifs is 1. The third-order valence-corrected chi connectivity index (χ3v) is 3.39.